The first-order valence-electron chi connectivity index (χ1n) is 4.65. The monoisotopic (exact) mass is 217 g/mol. The Morgan fingerprint density at radius 2 is 2.50 bits per heavy atom. The van der Waals surface area contributed by atoms with E-state index in [2.05, 4.69) is 4.98 Å². The number of imidazole rings is 1. The van der Waals surface area contributed by atoms with Crippen LogP contribution in [0.25, 0.3) is 0 Å². The molecule has 1 aliphatic rings. The normalized spacial score (nSPS) is 32.4. The largest absolute Gasteiger partial charge is 0.328 e. The third-order valence-electron chi connectivity index (χ3n) is 2.89. The molecule has 14 heavy (non-hydrogen) atoms. The van der Waals surface area contributed by atoms with Gasteiger partial charge in [0.1, 0.15) is 0 Å². The van der Waals surface area contributed by atoms with Crippen LogP contribution in [0.2, 0.25) is 5.28 Å². The summed E-state index contributed by atoms with van der Waals surface area (Å²) in [5.74, 6) is 0. The predicted molar refractivity (Wildman–Crippen MR) is 52.8 cm³/mol. The van der Waals surface area contributed by atoms with Crippen molar-refractivity contribution in [3.8, 4) is 0 Å². The molecule has 1 aromatic heterocycles. The molecule has 2 atom stereocenters. The minimum atomic E-state index is -1.34. The second-order valence-corrected chi connectivity index (χ2v) is 4.28. The summed E-state index contributed by atoms with van der Waals surface area (Å²) in [4.78, 5) is 3.88. The minimum absolute atomic E-state index is 0.0475. The third kappa shape index (κ3) is 1.42. The molecule has 2 rings (SSSR count). The second-order valence-electron chi connectivity index (χ2n) is 3.94. The number of nitrogens with zero attached hydrogens (tertiary/aromatic N) is 2. The molecule has 1 heterocycles. The highest BCUT2D eigenvalue weighted by atomic mass is 35.5. The highest BCUT2D eigenvalue weighted by Crippen LogP contribution is 2.42. The Morgan fingerprint density at radius 3 is 2.93 bits per heavy atom. The van der Waals surface area contributed by atoms with E-state index in [4.69, 9.17) is 17.3 Å². The fraction of sp³-hybridized carbons (Fsp3) is 0.667. The Balaban J connectivity index is 2.35. The van der Waals surface area contributed by atoms with Crippen LogP contribution < -0.4 is 5.73 Å². The molecule has 1 aromatic rings. The molecule has 5 heteroatoms. The maximum Gasteiger partial charge on any atom is 0.202 e. The highest BCUT2D eigenvalue weighted by Gasteiger charge is 2.41. The number of nitrogens with two attached hydrogens (primary N) is 1. The molecule has 1 saturated carbocycles. The van der Waals surface area contributed by atoms with Gasteiger partial charge in [-0.15, -0.1) is 0 Å². The summed E-state index contributed by atoms with van der Waals surface area (Å²) in [5, 5.41) is 0.317. The minimum Gasteiger partial charge on any atom is -0.328 e. The van der Waals surface area contributed by atoms with E-state index in [1.807, 2.05) is 0 Å². The van der Waals surface area contributed by atoms with Crippen molar-refractivity contribution in [2.45, 2.75) is 31.0 Å². The van der Waals surface area contributed by atoms with Gasteiger partial charge in [-0.05, 0) is 24.4 Å². The lowest BCUT2D eigenvalue weighted by atomic mass is 10.0. The van der Waals surface area contributed by atoms with E-state index in [1.165, 1.54) is 6.20 Å². The topological polar surface area (TPSA) is 43.8 Å². The number of aromatic nitrogens is 2. The van der Waals surface area contributed by atoms with Gasteiger partial charge in [-0.2, -0.15) is 0 Å². The number of alkyl halides is 1. The number of rotatable bonds is 1. The summed E-state index contributed by atoms with van der Waals surface area (Å²) in [6, 6.07) is -0.0475. The molecule has 1 aliphatic carbocycles. The average Bonchev–Trinajstić information content (AvgIpc) is 2.60. The molecule has 3 nitrogen and oxygen atoms in total. The molecular weight excluding hydrogens is 205 g/mol. The van der Waals surface area contributed by atoms with Crippen LogP contribution in [0.4, 0.5) is 4.39 Å². The van der Waals surface area contributed by atoms with Gasteiger partial charge in [0.15, 0.2) is 5.67 Å². The van der Waals surface area contributed by atoms with Crippen molar-refractivity contribution >= 4 is 11.6 Å². The summed E-state index contributed by atoms with van der Waals surface area (Å²) in [6.45, 7) is 0. The Labute approximate surface area is 87.1 Å². The van der Waals surface area contributed by atoms with Crippen molar-refractivity contribution in [3.05, 3.63) is 17.2 Å². The van der Waals surface area contributed by atoms with E-state index in [0.29, 0.717) is 23.8 Å². The van der Waals surface area contributed by atoms with Crippen molar-refractivity contribution in [3.63, 3.8) is 0 Å². The van der Waals surface area contributed by atoms with E-state index < -0.39 is 5.67 Å². The van der Waals surface area contributed by atoms with Crippen LogP contribution in [0.15, 0.2) is 6.20 Å². The van der Waals surface area contributed by atoms with E-state index in [0.717, 1.165) is 6.42 Å². The molecule has 2 unspecified atom stereocenters. The van der Waals surface area contributed by atoms with Crippen molar-refractivity contribution in [1.29, 1.82) is 0 Å². The van der Waals surface area contributed by atoms with Crippen LogP contribution >= 0.6 is 11.6 Å². The van der Waals surface area contributed by atoms with Gasteiger partial charge < -0.3 is 10.3 Å². The summed E-state index contributed by atoms with van der Waals surface area (Å²) in [6.07, 6.45) is 3.05. The van der Waals surface area contributed by atoms with Crippen molar-refractivity contribution in [1.82, 2.24) is 9.55 Å². The number of hydrogen-bond acceptors (Lipinski definition) is 2. The summed E-state index contributed by atoms with van der Waals surface area (Å²) in [7, 11) is 1.72. The molecule has 1 fully saturated rings. The van der Waals surface area contributed by atoms with Gasteiger partial charge in [0, 0.05) is 19.5 Å². The molecule has 0 aromatic carbocycles. The standard InChI is InChI=1S/C9H13ClFN3/c1-14-7(5-13-8(14)10)9(11)3-2-6(12)4-9/h5-6H,2-4,12H2,1H3. The van der Waals surface area contributed by atoms with E-state index in [-0.39, 0.29) is 6.04 Å². The van der Waals surface area contributed by atoms with Crippen LogP contribution in [0.5, 0.6) is 0 Å². The highest BCUT2D eigenvalue weighted by molar-refractivity contribution is 6.28. The molecule has 2 N–H and O–H groups in total. The molecule has 0 amide bonds. The fourth-order valence-electron chi connectivity index (χ4n) is 2.07. The van der Waals surface area contributed by atoms with Crippen LogP contribution in [0.1, 0.15) is 25.0 Å². The molecule has 0 aliphatic heterocycles. The van der Waals surface area contributed by atoms with E-state index >= 15 is 0 Å². The first kappa shape index (κ1) is 9.93. The van der Waals surface area contributed by atoms with E-state index in [1.54, 1.807) is 11.6 Å². The van der Waals surface area contributed by atoms with Gasteiger partial charge in [-0.1, -0.05) is 0 Å². The lowest BCUT2D eigenvalue weighted by Gasteiger charge is -2.19. The molecule has 0 spiro atoms. The Hall–Kier alpha value is -0.610. The summed E-state index contributed by atoms with van der Waals surface area (Å²) >= 11 is 5.76. The van der Waals surface area contributed by atoms with Crippen molar-refractivity contribution in [2.24, 2.45) is 12.8 Å². The maximum absolute atomic E-state index is 14.4. The van der Waals surface area contributed by atoms with Crippen LogP contribution in [0, 0.1) is 0 Å². The first-order valence-corrected chi connectivity index (χ1v) is 5.03. The van der Waals surface area contributed by atoms with Crippen LogP contribution in [-0.2, 0) is 12.7 Å². The van der Waals surface area contributed by atoms with Gasteiger partial charge >= 0.3 is 0 Å². The van der Waals surface area contributed by atoms with Gasteiger partial charge in [0.25, 0.3) is 0 Å². The molecule has 0 radical (unpaired) electrons. The number of halogens is 2. The SMILES string of the molecule is Cn1c(C2(F)CCC(N)C2)cnc1Cl. The third-order valence-corrected chi connectivity index (χ3v) is 3.24. The van der Waals surface area contributed by atoms with Crippen LogP contribution in [0.3, 0.4) is 0 Å². The maximum atomic E-state index is 14.4. The van der Waals surface area contributed by atoms with E-state index in [9.17, 15) is 4.39 Å². The molecule has 0 bridgehead atoms. The molecule has 78 valence electrons. The zero-order chi connectivity index (χ0) is 10.3. The average molecular weight is 218 g/mol. The lowest BCUT2D eigenvalue weighted by molar-refractivity contribution is 0.161. The Kier molecular flexibility index (Phi) is 2.27. The molecule has 0 saturated heterocycles. The van der Waals surface area contributed by atoms with Gasteiger partial charge in [-0.25, -0.2) is 9.37 Å². The summed E-state index contributed by atoms with van der Waals surface area (Å²) in [5.41, 5.74) is 4.90. The Morgan fingerprint density at radius 1 is 1.79 bits per heavy atom. The fourth-order valence-corrected chi connectivity index (χ4v) is 2.21. The number of hydrogen-bond donors (Lipinski definition) is 1. The second kappa shape index (κ2) is 3.21. The smallest absolute Gasteiger partial charge is 0.202 e. The zero-order valence-corrected chi connectivity index (χ0v) is 8.76. The zero-order valence-electron chi connectivity index (χ0n) is 8.00. The van der Waals surface area contributed by atoms with Gasteiger partial charge in [0.2, 0.25) is 5.28 Å². The van der Waals surface area contributed by atoms with Crippen molar-refractivity contribution < 1.29 is 4.39 Å². The summed E-state index contributed by atoms with van der Waals surface area (Å²) < 4.78 is 16.0. The van der Waals surface area contributed by atoms with Gasteiger partial charge in [0.05, 0.1) is 11.9 Å². The van der Waals surface area contributed by atoms with Gasteiger partial charge in [-0.3, -0.25) is 0 Å². The molecular formula is C9H13ClFN3. The lowest BCUT2D eigenvalue weighted by Crippen LogP contribution is -2.23. The quantitative estimate of drug-likeness (QED) is 0.779. The van der Waals surface area contributed by atoms with Crippen LogP contribution in [-0.4, -0.2) is 15.6 Å². The first-order chi connectivity index (χ1) is 6.53. The Bertz CT molecular complexity index is 352. The van der Waals surface area contributed by atoms with Crippen molar-refractivity contribution in [2.75, 3.05) is 0 Å². The predicted octanol–water partition coefficient (Wildman–Crippen LogP) is 1.75.